The summed E-state index contributed by atoms with van der Waals surface area (Å²) in [5.74, 6) is 0. The molecular weight excluding hydrogens is 120 g/mol. The Labute approximate surface area is 53.7 Å². The van der Waals surface area contributed by atoms with Crippen molar-refractivity contribution >= 4 is 11.9 Å². The fraction of sp³-hybridized carbons (Fsp3) is 1.00. The number of nitrogens with one attached hydrogen (secondary N) is 1. The van der Waals surface area contributed by atoms with Gasteiger partial charge >= 0.3 is 0 Å². The molecule has 0 bridgehead atoms. The van der Waals surface area contributed by atoms with Crippen LogP contribution in [-0.4, -0.2) is 5.25 Å². The van der Waals surface area contributed by atoms with E-state index in [0.717, 1.165) is 0 Å². The van der Waals surface area contributed by atoms with Crippen LogP contribution < -0.4 is 0 Å². The van der Waals surface area contributed by atoms with E-state index in [4.69, 9.17) is 5.53 Å². The highest BCUT2D eigenvalue weighted by Gasteiger charge is 2.14. The Morgan fingerprint density at radius 1 is 1.38 bits per heavy atom. The molecule has 1 rings (SSSR count). The summed E-state index contributed by atoms with van der Waals surface area (Å²) < 4.78 is 3.28. The number of rotatable bonds is 2. The van der Waals surface area contributed by atoms with Crippen LogP contribution in [0.4, 0.5) is 0 Å². The molecule has 46 valence electrons. The van der Waals surface area contributed by atoms with Gasteiger partial charge in [0.05, 0.1) is 0 Å². The fourth-order valence-electron chi connectivity index (χ4n) is 1.07. The van der Waals surface area contributed by atoms with Crippen LogP contribution in [-0.2, 0) is 0 Å². The Hall–Kier alpha value is -0.0500. The topological polar surface area (TPSA) is 36.2 Å². The first-order valence-electron chi connectivity index (χ1n) is 2.96. The van der Waals surface area contributed by atoms with E-state index >= 15 is 0 Å². The predicted octanol–water partition coefficient (Wildman–Crippen LogP) is 2.61. The van der Waals surface area contributed by atoms with Crippen molar-refractivity contribution in [2.75, 3.05) is 0 Å². The van der Waals surface area contributed by atoms with Gasteiger partial charge in [0.25, 0.3) is 0 Å². The number of nitrogens with zero attached hydrogens (tertiary/aromatic N) is 1. The van der Waals surface area contributed by atoms with E-state index < -0.39 is 0 Å². The Bertz CT molecular complexity index is 78.5. The molecule has 0 aromatic heterocycles. The van der Waals surface area contributed by atoms with Gasteiger partial charge in [-0.1, -0.05) is 12.8 Å². The molecule has 0 aliphatic heterocycles. The molecule has 0 heterocycles. The third-order valence-electron chi connectivity index (χ3n) is 1.50. The third-order valence-corrected chi connectivity index (χ3v) is 2.38. The molecule has 0 atom stereocenters. The summed E-state index contributed by atoms with van der Waals surface area (Å²) in [6, 6.07) is 0. The second-order valence-electron chi connectivity index (χ2n) is 2.10. The van der Waals surface area contributed by atoms with E-state index in [1.54, 1.807) is 0 Å². The van der Waals surface area contributed by atoms with E-state index in [1.807, 2.05) is 0 Å². The zero-order valence-corrected chi connectivity index (χ0v) is 5.58. The highest BCUT2D eigenvalue weighted by Crippen LogP contribution is 2.29. The van der Waals surface area contributed by atoms with Crippen molar-refractivity contribution in [1.82, 2.24) is 0 Å². The molecule has 1 N–H and O–H groups in total. The lowest BCUT2D eigenvalue weighted by atomic mass is 10.4. The van der Waals surface area contributed by atoms with Gasteiger partial charge in [-0.2, -0.15) is 5.53 Å². The second kappa shape index (κ2) is 3.07. The van der Waals surface area contributed by atoms with Crippen molar-refractivity contribution in [3.05, 3.63) is 0 Å². The molecule has 0 saturated heterocycles. The molecule has 1 aliphatic carbocycles. The summed E-state index contributed by atoms with van der Waals surface area (Å²) in [5.41, 5.74) is 6.56. The van der Waals surface area contributed by atoms with Gasteiger partial charge in [0.15, 0.2) is 0 Å². The average Bonchev–Trinajstić information content (AvgIpc) is 2.19. The molecule has 1 saturated carbocycles. The third kappa shape index (κ3) is 1.47. The average molecular weight is 130 g/mol. The lowest BCUT2D eigenvalue weighted by Crippen LogP contribution is -1.88. The maximum absolute atomic E-state index is 6.56. The van der Waals surface area contributed by atoms with Crippen molar-refractivity contribution in [2.45, 2.75) is 30.9 Å². The molecule has 0 radical (unpaired) electrons. The highest BCUT2D eigenvalue weighted by atomic mass is 32.2. The minimum atomic E-state index is 0.674. The SMILES string of the molecule is N=NSC1CCCC1. The Morgan fingerprint density at radius 3 is 2.50 bits per heavy atom. The summed E-state index contributed by atoms with van der Waals surface area (Å²) in [6.45, 7) is 0. The van der Waals surface area contributed by atoms with E-state index in [0.29, 0.717) is 5.25 Å². The van der Waals surface area contributed by atoms with Crippen molar-refractivity contribution in [1.29, 1.82) is 5.53 Å². The van der Waals surface area contributed by atoms with Gasteiger partial charge in [0.2, 0.25) is 0 Å². The van der Waals surface area contributed by atoms with Crippen LogP contribution in [0.25, 0.3) is 0 Å². The van der Waals surface area contributed by atoms with Gasteiger partial charge in [0.1, 0.15) is 0 Å². The molecule has 0 aromatic rings. The van der Waals surface area contributed by atoms with Crippen LogP contribution in [0.3, 0.4) is 0 Å². The summed E-state index contributed by atoms with van der Waals surface area (Å²) >= 11 is 1.43. The van der Waals surface area contributed by atoms with Crippen LogP contribution in [0.1, 0.15) is 25.7 Å². The van der Waals surface area contributed by atoms with E-state index in [9.17, 15) is 0 Å². The minimum Gasteiger partial charge on any atom is -0.198 e. The van der Waals surface area contributed by atoms with Crippen LogP contribution in [0.2, 0.25) is 0 Å². The standard InChI is InChI=1S/C5H10N2S/c6-7-8-5-3-1-2-4-5/h5-6H,1-4H2. The molecule has 0 unspecified atom stereocenters. The molecule has 0 aromatic carbocycles. The molecule has 0 spiro atoms. The van der Waals surface area contributed by atoms with Crippen molar-refractivity contribution in [3.63, 3.8) is 0 Å². The van der Waals surface area contributed by atoms with Gasteiger partial charge < -0.3 is 0 Å². The fourth-order valence-corrected chi connectivity index (χ4v) is 1.76. The van der Waals surface area contributed by atoms with Crippen molar-refractivity contribution in [2.24, 2.45) is 4.52 Å². The van der Waals surface area contributed by atoms with Gasteiger partial charge in [0, 0.05) is 17.2 Å². The lowest BCUT2D eigenvalue weighted by molar-refractivity contribution is 0.886. The summed E-state index contributed by atoms with van der Waals surface area (Å²) in [5, 5.41) is 0.674. The van der Waals surface area contributed by atoms with E-state index in [1.165, 1.54) is 37.6 Å². The largest absolute Gasteiger partial charge is 0.198 e. The zero-order chi connectivity index (χ0) is 5.82. The van der Waals surface area contributed by atoms with Crippen LogP contribution in [0.5, 0.6) is 0 Å². The lowest BCUT2D eigenvalue weighted by Gasteiger charge is -1.97. The van der Waals surface area contributed by atoms with E-state index in [-0.39, 0.29) is 0 Å². The van der Waals surface area contributed by atoms with Crippen molar-refractivity contribution < 1.29 is 0 Å². The normalized spacial score (nSPS) is 21.5. The number of hydrogen-bond acceptors (Lipinski definition) is 3. The van der Waals surface area contributed by atoms with E-state index in [2.05, 4.69) is 4.52 Å². The summed E-state index contributed by atoms with van der Waals surface area (Å²) in [7, 11) is 0. The molecule has 8 heavy (non-hydrogen) atoms. The van der Waals surface area contributed by atoms with Crippen LogP contribution >= 0.6 is 11.9 Å². The second-order valence-corrected chi connectivity index (χ2v) is 3.16. The van der Waals surface area contributed by atoms with Crippen molar-refractivity contribution in [3.8, 4) is 0 Å². The summed E-state index contributed by atoms with van der Waals surface area (Å²) in [4.78, 5) is 0. The van der Waals surface area contributed by atoms with Gasteiger partial charge in [-0.15, -0.1) is 4.52 Å². The number of hydrogen-bond donors (Lipinski definition) is 1. The highest BCUT2D eigenvalue weighted by molar-refractivity contribution is 7.98. The maximum atomic E-state index is 6.56. The minimum absolute atomic E-state index is 0.674. The first-order valence-corrected chi connectivity index (χ1v) is 3.79. The quantitative estimate of drug-likeness (QED) is 0.452. The zero-order valence-electron chi connectivity index (χ0n) is 4.76. The Kier molecular flexibility index (Phi) is 2.33. The summed E-state index contributed by atoms with van der Waals surface area (Å²) in [6.07, 6.45) is 5.22. The molecule has 1 aliphatic rings. The Morgan fingerprint density at radius 2 is 2.00 bits per heavy atom. The van der Waals surface area contributed by atoms with Crippen LogP contribution in [0, 0.1) is 5.53 Å². The molecule has 2 nitrogen and oxygen atoms in total. The molecule has 0 amide bonds. The van der Waals surface area contributed by atoms with Gasteiger partial charge in [-0.25, -0.2) is 0 Å². The first-order chi connectivity index (χ1) is 3.93. The molecule has 1 fully saturated rings. The predicted molar refractivity (Wildman–Crippen MR) is 35.0 cm³/mol. The Balaban J connectivity index is 2.14. The van der Waals surface area contributed by atoms with Crippen LogP contribution in [0.15, 0.2) is 4.52 Å². The van der Waals surface area contributed by atoms with Gasteiger partial charge in [-0.05, 0) is 12.8 Å². The van der Waals surface area contributed by atoms with Gasteiger partial charge in [-0.3, -0.25) is 0 Å². The molecular formula is C5H10N2S. The maximum Gasteiger partial charge on any atom is 0.0284 e. The molecule has 3 heteroatoms. The smallest absolute Gasteiger partial charge is 0.0284 e. The monoisotopic (exact) mass is 130 g/mol. The first kappa shape index (κ1) is 6.08.